The number of hydrogen-bond acceptors (Lipinski definition) is 5. The molecule has 1 fully saturated rings. The molecule has 0 saturated heterocycles. The van der Waals surface area contributed by atoms with Gasteiger partial charge in [0.15, 0.2) is 17.2 Å². The lowest BCUT2D eigenvalue weighted by Gasteiger charge is -2.37. The third-order valence-electron chi connectivity index (χ3n) is 8.10. The van der Waals surface area contributed by atoms with Crippen LogP contribution in [0.25, 0.3) is 11.1 Å². The van der Waals surface area contributed by atoms with Crippen LogP contribution in [0.4, 0.5) is 17.6 Å². The molecule has 0 spiro atoms. The molecule has 1 aliphatic carbocycles. The highest BCUT2D eigenvalue weighted by Gasteiger charge is 2.50. The summed E-state index contributed by atoms with van der Waals surface area (Å²) in [6, 6.07) is 12.3. The summed E-state index contributed by atoms with van der Waals surface area (Å²) in [4.78, 5) is 12.4. The molecule has 3 aromatic carbocycles. The number of nitrogens with two attached hydrogens (primary N) is 1. The van der Waals surface area contributed by atoms with Crippen LogP contribution < -0.4 is 20.5 Å². The van der Waals surface area contributed by atoms with Crippen molar-refractivity contribution in [1.82, 2.24) is 5.32 Å². The van der Waals surface area contributed by atoms with Crippen molar-refractivity contribution >= 4 is 17.5 Å². The van der Waals surface area contributed by atoms with Crippen molar-refractivity contribution in [3.05, 3.63) is 81.9 Å². The third-order valence-corrected chi connectivity index (χ3v) is 8.47. The minimum absolute atomic E-state index is 0.0640. The Balaban J connectivity index is 1.68. The second-order valence-corrected chi connectivity index (χ2v) is 10.8. The van der Waals surface area contributed by atoms with Gasteiger partial charge in [-0.2, -0.15) is 8.78 Å². The first-order chi connectivity index (χ1) is 19.5. The van der Waals surface area contributed by atoms with Crippen molar-refractivity contribution in [2.75, 3.05) is 6.54 Å². The van der Waals surface area contributed by atoms with Gasteiger partial charge in [0.1, 0.15) is 11.6 Å². The second-order valence-electron chi connectivity index (χ2n) is 10.5. The molecule has 4 N–H and O–H groups in total. The molecule has 0 aromatic heterocycles. The first kappa shape index (κ1) is 29.2. The van der Waals surface area contributed by atoms with Gasteiger partial charge in [-0.05, 0) is 43.4 Å². The molecule has 5 rings (SSSR count). The zero-order valence-corrected chi connectivity index (χ0v) is 22.9. The number of hydrogen-bond donors (Lipinski definition) is 3. The number of halogens is 5. The normalized spacial score (nSPS) is 23.8. The van der Waals surface area contributed by atoms with Gasteiger partial charge in [-0.1, -0.05) is 48.9 Å². The van der Waals surface area contributed by atoms with Crippen molar-refractivity contribution in [2.24, 2.45) is 5.73 Å². The van der Waals surface area contributed by atoms with E-state index in [1.807, 2.05) is 37.3 Å². The first-order valence-corrected chi connectivity index (χ1v) is 13.7. The van der Waals surface area contributed by atoms with Crippen LogP contribution in [-0.4, -0.2) is 36.3 Å². The molecule has 3 aromatic rings. The zero-order valence-electron chi connectivity index (χ0n) is 22.1. The van der Waals surface area contributed by atoms with Crippen molar-refractivity contribution < 1.29 is 36.9 Å². The quantitative estimate of drug-likeness (QED) is 0.268. The maximum Gasteiger partial charge on any atom is 0.387 e. The van der Waals surface area contributed by atoms with Crippen LogP contribution in [-0.2, 0) is 5.60 Å². The Kier molecular flexibility index (Phi) is 8.18. The summed E-state index contributed by atoms with van der Waals surface area (Å²) in [6.07, 6.45) is 2.48. The van der Waals surface area contributed by atoms with Gasteiger partial charge < -0.3 is 25.6 Å². The maximum absolute atomic E-state index is 15.9. The molecule has 1 heterocycles. The summed E-state index contributed by atoms with van der Waals surface area (Å²) in [6.45, 7) is -1.28. The number of primary amides is 1. The Hall–Kier alpha value is -3.34. The number of rotatable bonds is 8. The zero-order chi connectivity index (χ0) is 29.5. The number of alkyl halides is 2. The summed E-state index contributed by atoms with van der Waals surface area (Å²) < 4.78 is 68.2. The number of aliphatic hydroxyl groups excluding tert-OH is 1. The first-order valence-electron chi connectivity index (χ1n) is 13.3. The van der Waals surface area contributed by atoms with Crippen LogP contribution >= 0.6 is 11.6 Å². The van der Waals surface area contributed by atoms with E-state index in [0.717, 1.165) is 36.6 Å². The van der Waals surface area contributed by atoms with Crippen molar-refractivity contribution in [3.8, 4) is 22.6 Å². The Labute approximate surface area is 239 Å². The van der Waals surface area contributed by atoms with E-state index in [9.17, 15) is 18.7 Å². The van der Waals surface area contributed by atoms with E-state index in [4.69, 9.17) is 22.1 Å². The van der Waals surface area contributed by atoms with Crippen molar-refractivity contribution in [3.63, 3.8) is 0 Å². The fourth-order valence-corrected chi connectivity index (χ4v) is 6.23. The Morgan fingerprint density at radius 2 is 1.83 bits per heavy atom. The highest BCUT2D eigenvalue weighted by atomic mass is 35.5. The molecule has 41 heavy (non-hydrogen) atoms. The Morgan fingerprint density at radius 3 is 2.46 bits per heavy atom. The molecule has 0 unspecified atom stereocenters. The molecule has 1 amide bonds. The van der Waals surface area contributed by atoms with Gasteiger partial charge in [-0.25, -0.2) is 8.78 Å². The Bertz CT molecular complexity index is 1450. The van der Waals surface area contributed by atoms with Gasteiger partial charge >= 0.3 is 6.61 Å². The summed E-state index contributed by atoms with van der Waals surface area (Å²) >= 11 is 6.46. The van der Waals surface area contributed by atoms with Crippen molar-refractivity contribution in [2.45, 2.75) is 62.9 Å². The number of ether oxygens (including phenoxy) is 2. The summed E-state index contributed by atoms with van der Waals surface area (Å²) in [5.74, 6) is -4.75. The number of fused-ring (bicyclic) bond motifs is 1. The number of nitrogens with one attached hydrogen (secondary N) is 1. The molecule has 1 saturated carbocycles. The van der Waals surface area contributed by atoms with Crippen LogP contribution in [0, 0.1) is 11.6 Å². The van der Waals surface area contributed by atoms with Gasteiger partial charge in [0.2, 0.25) is 5.91 Å². The molecule has 6 nitrogen and oxygen atoms in total. The molecule has 0 radical (unpaired) electrons. The molecule has 2 aliphatic rings. The van der Waals surface area contributed by atoms with E-state index in [0.29, 0.717) is 12.8 Å². The number of aliphatic hydroxyl groups is 1. The lowest BCUT2D eigenvalue weighted by molar-refractivity contribution is -0.0521. The SMILES string of the molecule is C[C@H]1c2c(cc(F)c(Cl)c2-c2c(C(N)=O)ccc(OC(F)F)c2F)O[C@]1(CNC1CCC(O)CC1)c1ccccc1. The summed E-state index contributed by atoms with van der Waals surface area (Å²) in [7, 11) is 0. The van der Waals surface area contributed by atoms with Gasteiger partial charge in [0.25, 0.3) is 0 Å². The molecule has 2 atom stereocenters. The van der Waals surface area contributed by atoms with Crippen LogP contribution in [0.5, 0.6) is 11.5 Å². The van der Waals surface area contributed by atoms with E-state index in [1.165, 1.54) is 0 Å². The highest BCUT2D eigenvalue weighted by Crippen LogP contribution is 2.56. The number of benzene rings is 3. The molecule has 0 bridgehead atoms. The van der Waals surface area contributed by atoms with Crippen LogP contribution in [0.2, 0.25) is 5.02 Å². The molecular weight excluding hydrogens is 564 g/mol. The van der Waals surface area contributed by atoms with Crippen LogP contribution in [0.3, 0.4) is 0 Å². The van der Waals surface area contributed by atoms with Gasteiger partial charge in [-0.15, -0.1) is 0 Å². The van der Waals surface area contributed by atoms with E-state index < -0.39 is 52.0 Å². The van der Waals surface area contributed by atoms with Crippen molar-refractivity contribution in [1.29, 1.82) is 0 Å². The number of carbonyl (C=O) groups is 1. The molecular formula is C30H29ClF4N2O4. The molecule has 11 heteroatoms. The lowest BCUT2D eigenvalue weighted by atomic mass is 9.77. The Morgan fingerprint density at radius 1 is 1.15 bits per heavy atom. The van der Waals surface area contributed by atoms with E-state index >= 15 is 8.78 Å². The smallest absolute Gasteiger partial charge is 0.387 e. The summed E-state index contributed by atoms with van der Waals surface area (Å²) in [5.41, 5.74) is 4.29. The standard InChI is InChI=1S/C30H29ClF4N2O4/c1-15-23-22(41-30(15,16-5-3-2-4-6-16)14-37-17-7-9-18(38)10-8-17)13-20(32)26(31)25(23)24-19(28(36)39)11-12-21(27(24)33)40-29(34)35/h2-6,11-13,15,17-18,29,37-38H,7-10,14H2,1H3,(H2,36,39)/t15-,17?,18?,30-/m0/s1. The topological polar surface area (TPSA) is 93.8 Å². The molecule has 1 aliphatic heterocycles. The predicted molar refractivity (Wildman–Crippen MR) is 145 cm³/mol. The average Bonchev–Trinajstić information content (AvgIpc) is 3.22. The number of carbonyl (C=O) groups excluding carboxylic acids is 1. The summed E-state index contributed by atoms with van der Waals surface area (Å²) in [5, 5.41) is 12.9. The second kappa shape index (κ2) is 11.5. The van der Waals surface area contributed by atoms with E-state index in [-0.39, 0.29) is 41.1 Å². The largest absolute Gasteiger partial charge is 0.480 e. The molecule has 218 valence electrons. The minimum atomic E-state index is -3.36. The van der Waals surface area contributed by atoms with Crippen LogP contribution in [0.15, 0.2) is 48.5 Å². The number of amides is 1. The lowest BCUT2D eigenvalue weighted by Crippen LogP contribution is -2.48. The van der Waals surface area contributed by atoms with E-state index in [2.05, 4.69) is 10.1 Å². The van der Waals surface area contributed by atoms with E-state index in [1.54, 1.807) is 0 Å². The van der Waals surface area contributed by atoms with Crippen LogP contribution in [0.1, 0.15) is 60.0 Å². The van der Waals surface area contributed by atoms with Gasteiger partial charge in [-0.3, -0.25) is 4.79 Å². The highest BCUT2D eigenvalue weighted by molar-refractivity contribution is 6.34. The maximum atomic E-state index is 15.9. The minimum Gasteiger partial charge on any atom is -0.480 e. The van der Waals surface area contributed by atoms with Gasteiger partial charge in [0.05, 0.1) is 16.7 Å². The third kappa shape index (κ3) is 5.36. The predicted octanol–water partition coefficient (Wildman–Crippen LogP) is 6.27. The fourth-order valence-electron chi connectivity index (χ4n) is 5.98. The average molecular weight is 593 g/mol. The fraction of sp³-hybridized carbons (Fsp3) is 0.367. The van der Waals surface area contributed by atoms with Gasteiger partial charge in [0, 0.05) is 41.3 Å². The monoisotopic (exact) mass is 592 g/mol.